The summed E-state index contributed by atoms with van der Waals surface area (Å²) < 4.78 is 11.8. The first-order chi connectivity index (χ1) is 15.1. The van der Waals surface area contributed by atoms with Crippen LogP contribution in [0.25, 0.3) is 5.69 Å². The molecule has 166 valence electrons. The number of aromatic nitrogens is 4. The number of ether oxygens (including phenoxy) is 2. The molecule has 0 aromatic carbocycles. The number of carbonyl (C=O) groups excluding carboxylic acids is 2. The Morgan fingerprint density at radius 3 is 2.58 bits per heavy atom. The number of rotatable bonds is 7. The topological polar surface area (TPSA) is 108 Å². The molecule has 0 aliphatic heterocycles. The second-order valence-corrected chi connectivity index (χ2v) is 9.79. The van der Waals surface area contributed by atoms with Crippen molar-refractivity contribution in [1.29, 1.82) is 0 Å². The summed E-state index contributed by atoms with van der Waals surface area (Å²) in [6.07, 6.45) is 5.71. The number of esters is 2. The molecule has 4 aliphatic carbocycles. The molecule has 0 amide bonds. The quantitative estimate of drug-likeness (QED) is 0.647. The maximum Gasteiger partial charge on any atom is 0.350 e. The third kappa shape index (κ3) is 3.27. The first-order valence-electron chi connectivity index (χ1n) is 10.9. The van der Waals surface area contributed by atoms with Gasteiger partial charge in [-0.2, -0.15) is 4.68 Å². The van der Waals surface area contributed by atoms with E-state index in [1.54, 1.807) is 4.68 Å². The Morgan fingerprint density at radius 1 is 1.23 bits per heavy atom. The van der Waals surface area contributed by atoms with Crippen molar-refractivity contribution in [2.75, 3.05) is 20.3 Å². The van der Waals surface area contributed by atoms with E-state index in [1.165, 1.54) is 24.9 Å². The normalized spacial score (nSPS) is 31.0. The van der Waals surface area contributed by atoms with Crippen LogP contribution in [0.1, 0.15) is 54.5 Å². The van der Waals surface area contributed by atoms with Crippen molar-refractivity contribution in [1.82, 2.24) is 25.5 Å². The molecule has 2 aromatic rings. The van der Waals surface area contributed by atoms with Gasteiger partial charge in [0.1, 0.15) is 4.88 Å². The highest BCUT2D eigenvalue weighted by Gasteiger charge is 2.60. The molecular formula is C21H27N5O4S. The third-order valence-electron chi connectivity index (χ3n) is 7.34. The fourth-order valence-corrected chi connectivity index (χ4v) is 7.20. The average Bonchev–Trinajstić information content (AvgIpc) is 3.42. The molecule has 0 spiro atoms. The number of thiophene rings is 1. The second-order valence-electron chi connectivity index (χ2n) is 8.87. The van der Waals surface area contributed by atoms with Crippen LogP contribution < -0.4 is 5.32 Å². The predicted molar refractivity (Wildman–Crippen MR) is 112 cm³/mol. The Balaban J connectivity index is 1.58. The van der Waals surface area contributed by atoms with Gasteiger partial charge in [-0.05, 0) is 84.6 Å². The first kappa shape index (κ1) is 20.6. The van der Waals surface area contributed by atoms with Crippen molar-refractivity contribution in [3.8, 4) is 5.69 Å². The van der Waals surface area contributed by atoms with Gasteiger partial charge in [0.15, 0.2) is 5.82 Å². The average molecular weight is 446 g/mol. The number of nitrogens with zero attached hydrogens (tertiary/aromatic N) is 4. The molecule has 6 rings (SSSR count). The highest BCUT2D eigenvalue weighted by atomic mass is 32.1. The summed E-state index contributed by atoms with van der Waals surface area (Å²) in [5.41, 5.74) is 0.0851. The van der Waals surface area contributed by atoms with Gasteiger partial charge in [0.2, 0.25) is 0 Å². The fraction of sp³-hybridized carbons (Fsp3) is 0.667. The van der Waals surface area contributed by atoms with Gasteiger partial charge in [-0.25, -0.2) is 4.79 Å². The van der Waals surface area contributed by atoms with E-state index in [0.717, 1.165) is 37.5 Å². The number of hydrogen-bond acceptors (Lipinski definition) is 9. The third-order valence-corrected chi connectivity index (χ3v) is 8.22. The van der Waals surface area contributed by atoms with E-state index in [1.807, 2.05) is 18.4 Å². The highest BCUT2D eigenvalue weighted by molar-refractivity contribution is 7.12. The standard InChI is InChI=1S/C21H27N5O4S/c1-3-30-17(27)11-22-21(14-7-12-6-13(9-14)10-15(21)8-12)20-23-24-25-26(20)16-4-5-31-18(16)19(28)29-2/h4-5,12-15,22H,3,6-11H2,1-2H3. The Kier molecular flexibility index (Phi) is 5.29. The van der Waals surface area contributed by atoms with Crippen LogP contribution in [0.5, 0.6) is 0 Å². The fourth-order valence-electron chi connectivity index (χ4n) is 6.41. The molecule has 0 radical (unpaired) electrons. The Labute approximate surface area is 184 Å². The van der Waals surface area contributed by atoms with Crippen molar-refractivity contribution in [2.24, 2.45) is 23.7 Å². The zero-order valence-electron chi connectivity index (χ0n) is 17.7. The lowest BCUT2D eigenvalue weighted by Gasteiger charge is -2.60. The van der Waals surface area contributed by atoms with Crippen LogP contribution >= 0.6 is 11.3 Å². The molecule has 0 atom stereocenters. The number of nitrogens with one attached hydrogen (secondary N) is 1. The number of tetrazole rings is 1. The molecule has 10 heteroatoms. The van der Waals surface area contributed by atoms with E-state index in [2.05, 4.69) is 20.8 Å². The van der Waals surface area contributed by atoms with Gasteiger partial charge in [-0.1, -0.05) is 0 Å². The molecule has 0 saturated heterocycles. The van der Waals surface area contributed by atoms with Crippen molar-refractivity contribution >= 4 is 23.3 Å². The van der Waals surface area contributed by atoms with E-state index in [0.29, 0.717) is 34.8 Å². The van der Waals surface area contributed by atoms with Gasteiger partial charge >= 0.3 is 11.9 Å². The summed E-state index contributed by atoms with van der Waals surface area (Å²) in [4.78, 5) is 25.1. The monoisotopic (exact) mass is 445 g/mol. The molecule has 4 fully saturated rings. The summed E-state index contributed by atoms with van der Waals surface area (Å²) in [6.45, 7) is 2.26. The molecule has 31 heavy (non-hydrogen) atoms. The van der Waals surface area contributed by atoms with Crippen molar-refractivity contribution in [3.05, 3.63) is 22.1 Å². The smallest absolute Gasteiger partial charge is 0.350 e. The molecule has 4 aliphatic rings. The highest BCUT2D eigenvalue weighted by Crippen LogP contribution is 2.61. The summed E-state index contributed by atoms with van der Waals surface area (Å²) >= 11 is 1.30. The van der Waals surface area contributed by atoms with Gasteiger partial charge in [0.25, 0.3) is 0 Å². The first-order valence-corrected chi connectivity index (χ1v) is 11.8. The van der Waals surface area contributed by atoms with E-state index < -0.39 is 11.5 Å². The van der Waals surface area contributed by atoms with Gasteiger partial charge in [-0.15, -0.1) is 16.4 Å². The van der Waals surface area contributed by atoms with Crippen LogP contribution in [0.2, 0.25) is 0 Å². The van der Waals surface area contributed by atoms with Crippen LogP contribution in [-0.4, -0.2) is 52.4 Å². The Hall–Kier alpha value is -2.33. The van der Waals surface area contributed by atoms with Crippen molar-refractivity contribution in [3.63, 3.8) is 0 Å². The van der Waals surface area contributed by atoms with Crippen LogP contribution in [0.3, 0.4) is 0 Å². The second kappa shape index (κ2) is 7.98. The van der Waals surface area contributed by atoms with Gasteiger partial charge < -0.3 is 9.47 Å². The van der Waals surface area contributed by atoms with Crippen LogP contribution in [0.15, 0.2) is 11.4 Å². The van der Waals surface area contributed by atoms with Crippen LogP contribution in [0, 0.1) is 23.7 Å². The lowest BCUT2D eigenvalue weighted by molar-refractivity contribution is -0.144. The lowest BCUT2D eigenvalue weighted by atomic mass is 9.48. The van der Waals surface area contributed by atoms with Crippen molar-refractivity contribution in [2.45, 2.75) is 44.6 Å². The minimum Gasteiger partial charge on any atom is -0.465 e. The minimum atomic E-state index is -0.529. The molecule has 4 bridgehead atoms. The van der Waals surface area contributed by atoms with E-state index >= 15 is 0 Å². The van der Waals surface area contributed by atoms with Gasteiger partial charge in [0.05, 0.1) is 31.5 Å². The Morgan fingerprint density at radius 2 is 1.94 bits per heavy atom. The molecule has 1 N–H and O–H groups in total. The minimum absolute atomic E-state index is 0.108. The maximum absolute atomic E-state index is 12.3. The molecule has 2 aromatic heterocycles. The summed E-state index contributed by atoms with van der Waals surface area (Å²) in [5, 5.41) is 18.2. The van der Waals surface area contributed by atoms with Gasteiger partial charge in [-0.3, -0.25) is 10.1 Å². The van der Waals surface area contributed by atoms with Crippen molar-refractivity contribution < 1.29 is 19.1 Å². The van der Waals surface area contributed by atoms with E-state index in [9.17, 15) is 9.59 Å². The lowest BCUT2D eigenvalue weighted by Crippen LogP contribution is -2.64. The zero-order chi connectivity index (χ0) is 21.6. The number of carbonyl (C=O) groups is 2. The molecule has 9 nitrogen and oxygen atoms in total. The number of hydrogen-bond donors (Lipinski definition) is 1. The maximum atomic E-state index is 12.3. The SMILES string of the molecule is CCOC(=O)CNC1(c2nnnn2-c2ccsc2C(=O)OC)C2CC3CC(C2)CC1C3. The molecular weight excluding hydrogens is 418 g/mol. The molecule has 4 saturated carbocycles. The zero-order valence-corrected chi connectivity index (χ0v) is 18.6. The largest absolute Gasteiger partial charge is 0.465 e. The van der Waals surface area contributed by atoms with Crippen LogP contribution in [-0.2, 0) is 19.8 Å². The summed E-state index contributed by atoms with van der Waals surface area (Å²) in [7, 11) is 1.37. The molecule has 0 unspecified atom stereocenters. The van der Waals surface area contributed by atoms with E-state index in [-0.39, 0.29) is 12.5 Å². The summed E-state index contributed by atoms with van der Waals surface area (Å²) in [5.74, 6) is 2.12. The van der Waals surface area contributed by atoms with Crippen LogP contribution in [0.4, 0.5) is 0 Å². The summed E-state index contributed by atoms with van der Waals surface area (Å²) in [6, 6.07) is 1.84. The predicted octanol–water partition coefficient (Wildman–Crippen LogP) is 2.31. The van der Waals surface area contributed by atoms with E-state index in [4.69, 9.17) is 9.47 Å². The van der Waals surface area contributed by atoms with Gasteiger partial charge in [0, 0.05) is 0 Å². The Bertz CT molecular complexity index is 958. The molecule has 2 heterocycles. The number of methoxy groups -OCH3 is 1.